The van der Waals surface area contributed by atoms with Crippen LogP contribution in [-0.2, 0) is 19.1 Å². The van der Waals surface area contributed by atoms with Gasteiger partial charge in [-0.15, -0.1) is 0 Å². The molecule has 4 heteroatoms. The Morgan fingerprint density at radius 2 is 1.11 bits per heavy atom. The van der Waals surface area contributed by atoms with Gasteiger partial charge in [-0.05, 0) is 32.6 Å². The van der Waals surface area contributed by atoms with Crippen LogP contribution >= 0.6 is 0 Å². The summed E-state index contributed by atoms with van der Waals surface area (Å²) >= 11 is 0. The van der Waals surface area contributed by atoms with Crippen LogP contribution in [0.5, 0.6) is 0 Å². The van der Waals surface area contributed by atoms with E-state index in [9.17, 15) is 9.59 Å². The minimum absolute atomic E-state index is 0.239. The van der Waals surface area contributed by atoms with E-state index in [-0.39, 0.29) is 11.9 Å². The van der Waals surface area contributed by atoms with Crippen molar-refractivity contribution < 1.29 is 19.1 Å². The molecule has 0 fully saturated rings. The first kappa shape index (κ1) is 31.7. The standard InChI is InChI=1S/C31H56O4/c1-4-6-8-10-12-14-16-18-22-26-34-29(32)28-24-20-21-25-31(28,3)30(33)35-27-23-19-17-15-13-11-9-7-5-2/h21,25,28H,4-20,22-24,26-27H2,1-3H3. The molecule has 0 aliphatic heterocycles. The highest BCUT2D eigenvalue weighted by Gasteiger charge is 2.46. The molecule has 0 aromatic rings. The zero-order valence-corrected chi connectivity index (χ0v) is 23.4. The summed E-state index contributed by atoms with van der Waals surface area (Å²) < 4.78 is 11.2. The van der Waals surface area contributed by atoms with Crippen LogP contribution in [0.4, 0.5) is 0 Å². The normalized spacial score (nSPS) is 19.6. The number of hydrogen-bond acceptors (Lipinski definition) is 4. The van der Waals surface area contributed by atoms with Gasteiger partial charge in [-0.25, -0.2) is 0 Å². The van der Waals surface area contributed by atoms with Gasteiger partial charge in [0.15, 0.2) is 0 Å². The van der Waals surface area contributed by atoms with Crippen LogP contribution in [0, 0.1) is 11.3 Å². The number of rotatable bonds is 22. The predicted molar refractivity (Wildman–Crippen MR) is 146 cm³/mol. The van der Waals surface area contributed by atoms with Crippen LogP contribution in [-0.4, -0.2) is 25.2 Å². The van der Waals surface area contributed by atoms with Gasteiger partial charge >= 0.3 is 11.9 Å². The van der Waals surface area contributed by atoms with Gasteiger partial charge in [-0.3, -0.25) is 9.59 Å². The molecule has 204 valence electrons. The number of allylic oxidation sites excluding steroid dienone is 1. The zero-order valence-electron chi connectivity index (χ0n) is 23.4. The van der Waals surface area contributed by atoms with Gasteiger partial charge in [-0.2, -0.15) is 0 Å². The molecule has 0 amide bonds. The number of carbonyl (C=O) groups is 2. The van der Waals surface area contributed by atoms with E-state index in [1.165, 1.54) is 89.9 Å². The van der Waals surface area contributed by atoms with Crippen LogP contribution in [0.2, 0.25) is 0 Å². The number of esters is 2. The van der Waals surface area contributed by atoms with E-state index in [1.807, 2.05) is 19.1 Å². The summed E-state index contributed by atoms with van der Waals surface area (Å²) in [5, 5.41) is 0. The maximum Gasteiger partial charge on any atom is 0.316 e. The fraction of sp³-hybridized carbons (Fsp3) is 0.871. The Hall–Kier alpha value is -1.32. The highest BCUT2D eigenvalue weighted by molar-refractivity contribution is 5.87. The Morgan fingerprint density at radius 3 is 1.60 bits per heavy atom. The van der Waals surface area contributed by atoms with Gasteiger partial charge in [0.2, 0.25) is 0 Å². The Balaban J connectivity index is 2.22. The van der Waals surface area contributed by atoms with Crippen LogP contribution in [0.1, 0.15) is 149 Å². The fourth-order valence-corrected chi connectivity index (χ4v) is 5.00. The van der Waals surface area contributed by atoms with Crippen molar-refractivity contribution in [3.05, 3.63) is 12.2 Å². The van der Waals surface area contributed by atoms with E-state index in [0.29, 0.717) is 19.6 Å². The van der Waals surface area contributed by atoms with Crippen molar-refractivity contribution >= 4 is 11.9 Å². The first-order valence-corrected chi connectivity index (χ1v) is 15.1. The summed E-state index contributed by atoms with van der Waals surface area (Å²) in [6.45, 7) is 7.23. The lowest BCUT2D eigenvalue weighted by Crippen LogP contribution is -2.42. The van der Waals surface area contributed by atoms with E-state index in [4.69, 9.17) is 9.47 Å². The molecule has 0 aromatic heterocycles. The molecule has 0 bridgehead atoms. The molecule has 0 spiro atoms. The molecule has 1 rings (SSSR count). The van der Waals surface area contributed by atoms with Crippen molar-refractivity contribution in [1.29, 1.82) is 0 Å². The van der Waals surface area contributed by atoms with Gasteiger partial charge in [0.25, 0.3) is 0 Å². The molecule has 4 nitrogen and oxygen atoms in total. The Labute approximate surface area is 217 Å². The molecule has 0 saturated heterocycles. The molecule has 1 aliphatic rings. The third-order valence-corrected chi connectivity index (χ3v) is 7.51. The zero-order chi connectivity index (χ0) is 25.6. The summed E-state index contributed by atoms with van der Waals surface area (Å²) in [5.74, 6) is -0.962. The maximum absolute atomic E-state index is 12.9. The second kappa shape index (κ2) is 20.8. The number of hydrogen-bond donors (Lipinski definition) is 0. The highest BCUT2D eigenvalue weighted by Crippen LogP contribution is 2.38. The van der Waals surface area contributed by atoms with Crippen LogP contribution in [0.15, 0.2) is 12.2 Å². The van der Waals surface area contributed by atoms with Gasteiger partial charge in [0.05, 0.1) is 24.5 Å². The van der Waals surface area contributed by atoms with E-state index in [1.54, 1.807) is 0 Å². The van der Waals surface area contributed by atoms with Crippen molar-refractivity contribution in [3.63, 3.8) is 0 Å². The molecule has 35 heavy (non-hydrogen) atoms. The first-order chi connectivity index (χ1) is 17.1. The summed E-state index contributed by atoms with van der Waals surface area (Å²) in [5.41, 5.74) is -0.910. The molecule has 2 unspecified atom stereocenters. The summed E-state index contributed by atoms with van der Waals surface area (Å²) in [6, 6.07) is 0. The largest absolute Gasteiger partial charge is 0.465 e. The Morgan fingerprint density at radius 1 is 0.686 bits per heavy atom. The first-order valence-electron chi connectivity index (χ1n) is 15.1. The summed E-state index contributed by atoms with van der Waals surface area (Å²) in [6.07, 6.45) is 27.6. The SMILES string of the molecule is CCCCCCCCCCCOC(=O)C1CCC=CC1(C)C(=O)OCCCCCCCCCCC. The predicted octanol–water partition coefficient (Wildman–Crippen LogP) is 9.11. The van der Waals surface area contributed by atoms with E-state index in [2.05, 4.69) is 13.8 Å². The fourth-order valence-electron chi connectivity index (χ4n) is 5.00. The quantitative estimate of drug-likeness (QED) is 0.0859. The minimum atomic E-state index is -0.910. The lowest BCUT2D eigenvalue weighted by molar-refractivity contribution is -0.166. The van der Waals surface area contributed by atoms with Crippen molar-refractivity contribution in [1.82, 2.24) is 0 Å². The van der Waals surface area contributed by atoms with Gasteiger partial charge in [0.1, 0.15) is 0 Å². The summed E-state index contributed by atoms with van der Waals surface area (Å²) in [7, 11) is 0. The third-order valence-electron chi connectivity index (χ3n) is 7.51. The number of carbonyl (C=O) groups excluding carboxylic acids is 2. The van der Waals surface area contributed by atoms with E-state index in [0.717, 1.165) is 32.1 Å². The van der Waals surface area contributed by atoms with E-state index < -0.39 is 11.3 Å². The molecule has 0 saturated carbocycles. The average Bonchev–Trinajstić information content (AvgIpc) is 2.86. The lowest BCUT2D eigenvalue weighted by Gasteiger charge is -2.34. The molecule has 0 radical (unpaired) electrons. The molecule has 1 aliphatic carbocycles. The highest BCUT2D eigenvalue weighted by atomic mass is 16.5. The number of ether oxygens (including phenoxy) is 2. The summed E-state index contributed by atoms with van der Waals surface area (Å²) in [4.78, 5) is 25.8. The Kier molecular flexibility index (Phi) is 18.9. The van der Waals surface area contributed by atoms with Crippen molar-refractivity contribution in [2.75, 3.05) is 13.2 Å². The molecular formula is C31H56O4. The van der Waals surface area contributed by atoms with Crippen molar-refractivity contribution in [2.24, 2.45) is 11.3 Å². The molecule has 2 atom stereocenters. The van der Waals surface area contributed by atoms with Crippen LogP contribution in [0.3, 0.4) is 0 Å². The molecule has 0 N–H and O–H groups in total. The lowest BCUT2D eigenvalue weighted by atomic mass is 9.71. The topological polar surface area (TPSA) is 52.6 Å². The van der Waals surface area contributed by atoms with Gasteiger partial charge in [0, 0.05) is 0 Å². The molecule has 0 heterocycles. The third kappa shape index (κ3) is 14.1. The monoisotopic (exact) mass is 492 g/mol. The average molecular weight is 493 g/mol. The maximum atomic E-state index is 12.9. The van der Waals surface area contributed by atoms with Crippen LogP contribution in [0.25, 0.3) is 0 Å². The van der Waals surface area contributed by atoms with Crippen LogP contribution < -0.4 is 0 Å². The molecule has 0 aromatic carbocycles. The van der Waals surface area contributed by atoms with E-state index >= 15 is 0 Å². The van der Waals surface area contributed by atoms with Gasteiger partial charge in [-0.1, -0.05) is 129 Å². The second-order valence-corrected chi connectivity index (χ2v) is 10.8. The van der Waals surface area contributed by atoms with Gasteiger partial charge < -0.3 is 9.47 Å². The smallest absolute Gasteiger partial charge is 0.316 e. The number of unbranched alkanes of at least 4 members (excludes halogenated alkanes) is 16. The van der Waals surface area contributed by atoms with Crippen molar-refractivity contribution in [3.8, 4) is 0 Å². The molecular weight excluding hydrogens is 436 g/mol. The second-order valence-electron chi connectivity index (χ2n) is 10.8. The Bertz CT molecular complexity index is 570. The van der Waals surface area contributed by atoms with Crippen molar-refractivity contribution in [2.45, 2.75) is 149 Å². The minimum Gasteiger partial charge on any atom is -0.465 e.